The minimum absolute atomic E-state index is 0.332. The summed E-state index contributed by atoms with van der Waals surface area (Å²) < 4.78 is 5.68. The highest BCUT2D eigenvalue weighted by Gasteiger charge is 2.14. The number of ether oxygens (including phenoxy) is 1. The fourth-order valence-corrected chi connectivity index (χ4v) is 2.80. The van der Waals surface area contributed by atoms with Gasteiger partial charge in [-0.2, -0.15) is 0 Å². The second kappa shape index (κ2) is 9.84. The van der Waals surface area contributed by atoms with Gasteiger partial charge in [0.2, 0.25) is 0 Å². The smallest absolute Gasteiger partial charge is 0.273 e. The summed E-state index contributed by atoms with van der Waals surface area (Å²) in [6, 6.07) is 14.0. The van der Waals surface area contributed by atoms with Crippen LogP contribution in [0.5, 0.6) is 5.75 Å². The molecule has 0 aliphatic rings. The third-order valence-electron chi connectivity index (χ3n) is 4.29. The fraction of sp³-hybridized carbons (Fsp3) is 0.182. The second-order valence-corrected chi connectivity index (χ2v) is 6.92. The van der Waals surface area contributed by atoms with Crippen molar-refractivity contribution in [2.24, 2.45) is 0 Å². The molecule has 2 amide bonds. The number of hydrogen-bond acceptors (Lipinski definition) is 5. The maximum Gasteiger partial charge on any atom is 0.273 e. The lowest BCUT2D eigenvalue weighted by molar-refractivity contribution is 0.0845. The summed E-state index contributed by atoms with van der Waals surface area (Å²) in [5, 5.41) is 0.644. The van der Waals surface area contributed by atoms with Gasteiger partial charge in [-0.3, -0.25) is 20.4 Å². The van der Waals surface area contributed by atoms with Crippen LogP contribution in [0, 0.1) is 6.92 Å². The number of carbonyl (C=O) groups is 2. The molecule has 1 aromatic heterocycles. The number of carbonyl (C=O) groups excluding carboxylic acids is 2. The molecule has 0 atom stereocenters. The summed E-state index contributed by atoms with van der Waals surface area (Å²) in [6.45, 7) is 4.01. The summed E-state index contributed by atoms with van der Waals surface area (Å²) in [5.41, 5.74) is 7.07. The Morgan fingerprint density at radius 2 is 1.67 bits per heavy atom. The number of aromatic nitrogens is 2. The monoisotopic (exact) mass is 424 g/mol. The standard InChI is InChI=1S/C22H21ClN4O3/c1-3-20-19(12-24-14(2)25-20)22(29)27-26-21(28)16-6-4-15(5-7-16)13-30-18-10-8-17(23)9-11-18/h4-12H,3,13H2,1-2H3,(H,26,28)(H,27,29). The van der Waals surface area contributed by atoms with Crippen LogP contribution in [0.1, 0.15) is 44.7 Å². The Balaban J connectivity index is 1.54. The van der Waals surface area contributed by atoms with Gasteiger partial charge in [0.25, 0.3) is 11.8 Å². The maximum atomic E-state index is 12.3. The van der Waals surface area contributed by atoms with E-state index in [1.54, 1.807) is 55.5 Å². The average molecular weight is 425 g/mol. The molecule has 0 aliphatic heterocycles. The first-order valence-corrected chi connectivity index (χ1v) is 9.74. The molecule has 0 saturated heterocycles. The number of benzene rings is 2. The summed E-state index contributed by atoms with van der Waals surface area (Å²) in [5.74, 6) is 0.399. The van der Waals surface area contributed by atoms with Gasteiger partial charge in [0.1, 0.15) is 18.2 Å². The van der Waals surface area contributed by atoms with Gasteiger partial charge in [0.05, 0.1) is 11.3 Å². The van der Waals surface area contributed by atoms with Gasteiger partial charge < -0.3 is 4.74 Å². The first-order valence-electron chi connectivity index (χ1n) is 9.36. The number of nitrogens with one attached hydrogen (secondary N) is 2. The Bertz CT molecular complexity index is 1040. The van der Waals surface area contributed by atoms with E-state index in [2.05, 4.69) is 20.8 Å². The molecule has 1 heterocycles. The Morgan fingerprint density at radius 1 is 1.00 bits per heavy atom. The van der Waals surface area contributed by atoms with E-state index in [0.717, 1.165) is 5.56 Å². The van der Waals surface area contributed by atoms with E-state index in [1.165, 1.54) is 6.20 Å². The van der Waals surface area contributed by atoms with E-state index in [-0.39, 0.29) is 0 Å². The highest BCUT2D eigenvalue weighted by molar-refractivity contribution is 6.30. The molecular formula is C22H21ClN4O3. The quantitative estimate of drug-likeness (QED) is 0.589. The lowest BCUT2D eigenvalue weighted by atomic mass is 10.1. The number of aryl methyl sites for hydroxylation is 2. The van der Waals surface area contributed by atoms with Gasteiger partial charge in [-0.15, -0.1) is 0 Å². The molecule has 30 heavy (non-hydrogen) atoms. The van der Waals surface area contributed by atoms with Crippen LogP contribution in [0.3, 0.4) is 0 Å². The molecule has 7 nitrogen and oxygen atoms in total. The van der Waals surface area contributed by atoms with Crippen molar-refractivity contribution in [3.8, 4) is 5.75 Å². The second-order valence-electron chi connectivity index (χ2n) is 6.48. The SMILES string of the molecule is CCc1nc(C)ncc1C(=O)NNC(=O)c1ccc(COc2ccc(Cl)cc2)cc1. The number of rotatable bonds is 6. The van der Waals surface area contributed by atoms with Crippen LogP contribution >= 0.6 is 11.6 Å². The van der Waals surface area contributed by atoms with Crippen molar-refractivity contribution < 1.29 is 14.3 Å². The molecule has 154 valence electrons. The van der Waals surface area contributed by atoms with Crippen molar-refractivity contribution in [3.63, 3.8) is 0 Å². The van der Waals surface area contributed by atoms with Crippen molar-refractivity contribution in [1.82, 2.24) is 20.8 Å². The van der Waals surface area contributed by atoms with Crippen molar-refractivity contribution in [3.05, 3.63) is 88.0 Å². The van der Waals surface area contributed by atoms with E-state index in [4.69, 9.17) is 16.3 Å². The Morgan fingerprint density at radius 3 is 2.33 bits per heavy atom. The third-order valence-corrected chi connectivity index (χ3v) is 4.54. The molecule has 3 aromatic rings. The molecular weight excluding hydrogens is 404 g/mol. The predicted molar refractivity (Wildman–Crippen MR) is 113 cm³/mol. The molecule has 0 spiro atoms. The number of nitrogens with zero attached hydrogens (tertiary/aromatic N) is 2. The first kappa shape index (κ1) is 21.3. The average Bonchev–Trinajstić information content (AvgIpc) is 2.77. The zero-order valence-electron chi connectivity index (χ0n) is 16.6. The molecule has 0 bridgehead atoms. The molecule has 3 rings (SSSR count). The summed E-state index contributed by atoms with van der Waals surface area (Å²) in [4.78, 5) is 32.9. The van der Waals surface area contributed by atoms with Crippen LogP contribution in [0.2, 0.25) is 5.02 Å². The molecule has 2 aromatic carbocycles. The zero-order chi connectivity index (χ0) is 21.5. The van der Waals surface area contributed by atoms with Crippen LogP contribution in [-0.2, 0) is 13.0 Å². The van der Waals surface area contributed by atoms with E-state index < -0.39 is 11.8 Å². The minimum Gasteiger partial charge on any atom is -0.489 e. The molecule has 2 N–H and O–H groups in total. The molecule has 0 unspecified atom stereocenters. The van der Waals surface area contributed by atoms with Gasteiger partial charge in [-0.1, -0.05) is 30.7 Å². The van der Waals surface area contributed by atoms with E-state index >= 15 is 0 Å². The van der Waals surface area contributed by atoms with Crippen LogP contribution < -0.4 is 15.6 Å². The van der Waals surface area contributed by atoms with Gasteiger partial charge in [0.15, 0.2) is 0 Å². The van der Waals surface area contributed by atoms with Gasteiger partial charge in [-0.25, -0.2) is 9.97 Å². The largest absolute Gasteiger partial charge is 0.489 e. The van der Waals surface area contributed by atoms with Crippen molar-refractivity contribution in [2.45, 2.75) is 26.9 Å². The maximum absolute atomic E-state index is 12.3. The van der Waals surface area contributed by atoms with E-state index in [0.29, 0.717) is 46.4 Å². The highest BCUT2D eigenvalue weighted by atomic mass is 35.5. The van der Waals surface area contributed by atoms with Crippen LogP contribution in [0.15, 0.2) is 54.7 Å². The summed E-state index contributed by atoms with van der Waals surface area (Å²) >= 11 is 5.85. The number of hydrazine groups is 1. The lowest BCUT2D eigenvalue weighted by Gasteiger charge is -2.10. The molecule has 0 radical (unpaired) electrons. The molecule has 0 fully saturated rings. The first-order chi connectivity index (χ1) is 14.5. The van der Waals surface area contributed by atoms with Crippen molar-refractivity contribution >= 4 is 23.4 Å². The molecule has 8 heteroatoms. The fourth-order valence-electron chi connectivity index (χ4n) is 2.68. The molecule has 0 saturated carbocycles. The van der Waals surface area contributed by atoms with Gasteiger partial charge in [-0.05, 0) is 55.3 Å². The van der Waals surface area contributed by atoms with Crippen LogP contribution in [0.4, 0.5) is 0 Å². The Labute approximate surface area is 179 Å². The number of halogens is 1. The summed E-state index contributed by atoms with van der Waals surface area (Å²) in [7, 11) is 0. The van der Waals surface area contributed by atoms with Crippen LogP contribution in [0.25, 0.3) is 0 Å². The summed E-state index contributed by atoms with van der Waals surface area (Å²) in [6.07, 6.45) is 2.04. The van der Waals surface area contributed by atoms with Gasteiger partial charge >= 0.3 is 0 Å². The lowest BCUT2D eigenvalue weighted by Crippen LogP contribution is -2.42. The minimum atomic E-state index is -0.465. The number of amides is 2. The van der Waals surface area contributed by atoms with Crippen molar-refractivity contribution in [1.29, 1.82) is 0 Å². The normalized spacial score (nSPS) is 10.4. The van der Waals surface area contributed by atoms with E-state index in [9.17, 15) is 9.59 Å². The predicted octanol–water partition coefficient (Wildman–Crippen LogP) is 3.65. The van der Waals surface area contributed by atoms with Crippen molar-refractivity contribution in [2.75, 3.05) is 0 Å². The van der Waals surface area contributed by atoms with Crippen LogP contribution in [-0.4, -0.2) is 21.8 Å². The topological polar surface area (TPSA) is 93.2 Å². The molecule has 0 aliphatic carbocycles. The Kier molecular flexibility index (Phi) is 6.98. The highest BCUT2D eigenvalue weighted by Crippen LogP contribution is 2.17. The zero-order valence-corrected chi connectivity index (χ0v) is 17.4. The Hall–Kier alpha value is -3.45. The van der Waals surface area contributed by atoms with Gasteiger partial charge in [0, 0.05) is 16.8 Å². The van der Waals surface area contributed by atoms with E-state index in [1.807, 2.05) is 6.92 Å². The third kappa shape index (κ3) is 5.55. The number of hydrogen-bond donors (Lipinski definition) is 2.